The summed E-state index contributed by atoms with van der Waals surface area (Å²) >= 11 is 0. The standard InChI is InChI=1S/C20H27FN6O/c21-15-3-1-14(2-4-15)12-26-8-9-27(13-17(26)7-10-28)19-11-18(23-16-5-6-16)24-20(22)25-19/h1-4,11,16-17,28H,5-10,12-13H2,(H3,22,23,24,25). The molecule has 150 valence electrons. The maximum Gasteiger partial charge on any atom is 0.223 e. The molecule has 1 saturated carbocycles. The molecule has 1 aliphatic carbocycles. The third-order valence-corrected chi connectivity index (χ3v) is 5.35. The number of halogens is 1. The molecule has 4 rings (SSSR count). The van der Waals surface area contributed by atoms with Gasteiger partial charge in [-0.05, 0) is 37.0 Å². The molecule has 7 nitrogen and oxygen atoms in total. The number of hydrogen-bond donors (Lipinski definition) is 3. The van der Waals surface area contributed by atoms with E-state index < -0.39 is 0 Å². The average Bonchev–Trinajstić information content (AvgIpc) is 3.48. The van der Waals surface area contributed by atoms with E-state index in [1.54, 1.807) is 0 Å². The first-order valence-corrected chi connectivity index (χ1v) is 9.86. The van der Waals surface area contributed by atoms with E-state index in [-0.39, 0.29) is 24.4 Å². The Morgan fingerprint density at radius 3 is 2.68 bits per heavy atom. The summed E-state index contributed by atoms with van der Waals surface area (Å²) in [5.74, 6) is 1.64. The zero-order valence-corrected chi connectivity index (χ0v) is 15.9. The summed E-state index contributed by atoms with van der Waals surface area (Å²) in [7, 11) is 0. The van der Waals surface area contributed by atoms with Crippen molar-refractivity contribution in [2.24, 2.45) is 0 Å². The number of hydrogen-bond acceptors (Lipinski definition) is 7. The summed E-state index contributed by atoms with van der Waals surface area (Å²) in [6, 6.07) is 9.25. The second-order valence-corrected chi connectivity index (χ2v) is 7.60. The van der Waals surface area contributed by atoms with Crippen LogP contribution in [-0.2, 0) is 6.54 Å². The van der Waals surface area contributed by atoms with Gasteiger partial charge < -0.3 is 21.1 Å². The molecule has 0 radical (unpaired) electrons. The van der Waals surface area contributed by atoms with Gasteiger partial charge in [0.2, 0.25) is 5.95 Å². The number of aliphatic hydroxyl groups excluding tert-OH is 1. The van der Waals surface area contributed by atoms with E-state index in [0.29, 0.717) is 12.5 Å². The maximum atomic E-state index is 13.2. The molecule has 1 aromatic carbocycles. The van der Waals surface area contributed by atoms with Crippen molar-refractivity contribution in [1.29, 1.82) is 0 Å². The van der Waals surface area contributed by atoms with Gasteiger partial charge in [-0.25, -0.2) is 4.39 Å². The summed E-state index contributed by atoms with van der Waals surface area (Å²) in [4.78, 5) is 13.3. The van der Waals surface area contributed by atoms with Crippen LogP contribution in [0.5, 0.6) is 0 Å². The lowest BCUT2D eigenvalue weighted by atomic mass is 10.1. The number of aliphatic hydroxyl groups is 1. The van der Waals surface area contributed by atoms with Crippen LogP contribution in [-0.4, -0.2) is 58.3 Å². The zero-order chi connectivity index (χ0) is 19.5. The number of nitrogens with zero attached hydrogens (tertiary/aromatic N) is 4. The lowest BCUT2D eigenvalue weighted by Crippen LogP contribution is -2.53. The van der Waals surface area contributed by atoms with Gasteiger partial charge in [-0.3, -0.25) is 4.90 Å². The molecular formula is C20H27FN6O. The Balaban J connectivity index is 1.46. The first-order valence-electron chi connectivity index (χ1n) is 9.86. The van der Waals surface area contributed by atoms with E-state index in [9.17, 15) is 9.50 Å². The number of anilines is 3. The minimum Gasteiger partial charge on any atom is -0.396 e. The monoisotopic (exact) mass is 386 g/mol. The molecule has 8 heteroatoms. The molecule has 2 heterocycles. The van der Waals surface area contributed by atoms with E-state index >= 15 is 0 Å². The highest BCUT2D eigenvalue weighted by molar-refractivity contribution is 5.53. The van der Waals surface area contributed by atoms with Crippen LogP contribution in [0.25, 0.3) is 0 Å². The van der Waals surface area contributed by atoms with Crippen LogP contribution in [0.4, 0.5) is 22.0 Å². The van der Waals surface area contributed by atoms with Gasteiger partial charge in [0, 0.05) is 50.9 Å². The highest BCUT2D eigenvalue weighted by Crippen LogP contribution is 2.27. The lowest BCUT2D eigenvalue weighted by Gasteiger charge is -2.42. The van der Waals surface area contributed by atoms with E-state index in [1.807, 2.05) is 18.2 Å². The Labute approximate surface area is 164 Å². The Kier molecular flexibility index (Phi) is 5.59. The van der Waals surface area contributed by atoms with Crippen molar-refractivity contribution in [2.45, 2.75) is 37.9 Å². The molecule has 2 aliphatic rings. The molecule has 1 saturated heterocycles. The van der Waals surface area contributed by atoms with Crippen molar-refractivity contribution in [1.82, 2.24) is 14.9 Å². The Morgan fingerprint density at radius 1 is 1.18 bits per heavy atom. The molecule has 2 aromatic rings. The smallest absolute Gasteiger partial charge is 0.223 e. The summed E-state index contributed by atoms with van der Waals surface area (Å²) in [6.45, 7) is 3.25. The highest BCUT2D eigenvalue weighted by atomic mass is 19.1. The van der Waals surface area contributed by atoms with Crippen molar-refractivity contribution in [2.75, 3.05) is 42.2 Å². The Bertz CT molecular complexity index is 798. The molecule has 0 bridgehead atoms. The minimum absolute atomic E-state index is 0.124. The highest BCUT2D eigenvalue weighted by Gasteiger charge is 2.28. The summed E-state index contributed by atoms with van der Waals surface area (Å²) < 4.78 is 13.2. The molecule has 1 aliphatic heterocycles. The van der Waals surface area contributed by atoms with Crippen LogP contribution in [0.3, 0.4) is 0 Å². The van der Waals surface area contributed by atoms with Crippen LogP contribution in [0.2, 0.25) is 0 Å². The van der Waals surface area contributed by atoms with Crippen LogP contribution in [0, 0.1) is 5.82 Å². The van der Waals surface area contributed by atoms with Crippen LogP contribution in [0.1, 0.15) is 24.8 Å². The predicted octanol–water partition coefficient (Wildman–Crippen LogP) is 1.85. The summed E-state index contributed by atoms with van der Waals surface area (Å²) in [5.41, 5.74) is 7.00. The SMILES string of the molecule is Nc1nc(NC2CC2)cc(N2CCN(Cc3ccc(F)cc3)C(CCO)C2)n1. The van der Waals surface area contributed by atoms with E-state index in [1.165, 1.54) is 25.0 Å². The van der Waals surface area contributed by atoms with Gasteiger partial charge in [0.1, 0.15) is 17.5 Å². The first kappa shape index (κ1) is 18.9. The lowest BCUT2D eigenvalue weighted by molar-refractivity contribution is 0.135. The van der Waals surface area contributed by atoms with Crippen molar-refractivity contribution in [3.8, 4) is 0 Å². The number of benzene rings is 1. The van der Waals surface area contributed by atoms with E-state index in [2.05, 4.69) is 25.1 Å². The van der Waals surface area contributed by atoms with Gasteiger partial charge in [-0.2, -0.15) is 9.97 Å². The molecule has 28 heavy (non-hydrogen) atoms. The zero-order valence-electron chi connectivity index (χ0n) is 15.9. The van der Waals surface area contributed by atoms with Gasteiger partial charge in [0.05, 0.1) is 0 Å². The summed E-state index contributed by atoms with van der Waals surface area (Å²) in [6.07, 6.45) is 3.01. The van der Waals surface area contributed by atoms with Gasteiger partial charge in [-0.15, -0.1) is 0 Å². The normalized spacial score (nSPS) is 20.4. The average molecular weight is 386 g/mol. The molecule has 1 atom stereocenters. The number of nitrogens with two attached hydrogens (primary N) is 1. The van der Waals surface area contributed by atoms with Crippen molar-refractivity contribution < 1.29 is 9.50 Å². The van der Waals surface area contributed by atoms with E-state index in [0.717, 1.165) is 43.4 Å². The Morgan fingerprint density at radius 2 is 1.96 bits per heavy atom. The fourth-order valence-corrected chi connectivity index (χ4v) is 3.68. The van der Waals surface area contributed by atoms with Gasteiger partial charge in [-0.1, -0.05) is 12.1 Å². The van der Waals surface area contributed by atoms with Crippen LogP contribution >= 0.6 is 0 Å². The van der Waals surface area contributed by atoms with Gasteiger partial charge in [0.15, 0.2) is 0 Å². The first-order chi connectivity index (χ1) is 13.6. The van der Waals surface area contributed by atoms with Crippen molar-refractivity contribution in [3.05, 3.63) is 41.7 Å². The number of nitrogen functional groups attached to an aromatic ring is 1. The summed E-state index contributed by atoms with van der Waals surface area (Å²) in [5, 5.41) is 12.9. The second kappa shape index (κ2) is 8.28. The number of aromatic nitrogens is 2. The molecule has 1 unspecified atom stereocenters. The fraction of sp³-hybridized carbons (Fsp3) is 0.500. The number of nitrogens with one attached hydrogen (secondary N) is 1. The van der Waals surface area contributed by atoms with E-state index in [4.69, 9.17) is 5.73 Å². The van der Waals surface area contributed by atoms with Crippen molar-refractivity contribution in [3.63, 3.8) is 0 Å². The number of piperazine rings is 1. The molecule has 1 aromatic heterocycles. The van der Waals surface area contributed by atoms with Crippen LogP contribution in [0.15, 0.2) is 30.3 Å². The largest absolute Gasteiger partial charge is 0.396 e. The predicted molar refractivity (Wildman–Crippen MR) is 108 cm³/mol. The van der Waals surface area contributed by atoms with Crippen LogP contribution < -0.4 is 16.0 Å². The second-order valence-electron chi connectivity index (χ2n) is 7.60. The number of rotatable bonds is 7. The molecule has 4 N–H and O–H groups in total. The minimum atomic E-state index is -0.225. The molecule has 0 amide bonds. The maximum absolute atomic E-state index is 13.2. The van der Waals surface area contributed by atoms with Gasteiger partial charge >= 0.3 is 0 Å². The quantitative estimate of drug-likeness (QED) is 0.669. The topological polar surface area (TPSA) is 90.5 Å². The molecular weight excluding hydrogens is 359 g/mol. The van der Waals surface area contributed by atoms with Gasteiger partial charge in [0.25, 0.3) is 0 Å². The Hall–Kier alpha value is -2.45. The fourth-order valence-electron chi connectivity index (χ4n) is 3.68. The molecule has 0 spiro atoms. The third kappa shape index (κ3) is 4.69. The van der Waals surface area contributed by atoms with Crippen molar-refractivity contribution >= 4 is 17.6 Å². The molecule has 2 fully saturated rings. The third-order valence-electron chi connectivity index (χ3n) is 5.35.